The summed E-state index contributed by atoms with van der Waals surface area (Å²) >= 11 is 1.48. The average molecular weight is 295 g/mol. The highest BCUT2D eigenvalue weighted by atomic mass is 32.2. The zero-order chi connectivity index (χ0) is 14.3. The number of amidine groups is 1. The number of nitrogens with zero attached hydrogens (tertiary/aromatic N) is 2. The minimum absolute atomic E-state index is 0.103. The zero-order valence-electron chi connectivity index (χ0n) is 10.7. The third kappa shape index (κ3) is 1.96. The van der Waals surface area contributed by atoms with Crippen molar-refractivity contribution in [3.05, 3.63) is 39.7 Å². The minimum Gasteiger partial charge on any atom is -0.379 e. The van der Waals surface area contributed by atoms with Gasteiger partial charge in [0.25, 0.3) is 5.69 Å². The molecular weight excluding hydrogens is 281 g/mol. The third-order valence-electron chi connectivity index (χ3n) is 4.16. The molecule has 20 heavy (non-hydrogen) atoms. The normalized spacial score (nSPS) is 28.9. The molecule has 106 valence electrons. The third-order valence-corrected chi connectivity index (χ3v) is 5.11. The van der Waals surface area contributed by atoms with Crippen molar-refractivity contribution in [1.29, 1.82) is 0 Å². The van der Waals surface area contributed by atoms with E-state index in [2.05, 4.69) is 4.99 Å². The highest BCUT2D eigenvalue weighted by molar-refractivity contribution is 8.13. The maximum absolute atomic E-state index is 14.2. The van der Waals surface area contributed by atoms with Crippen LogP contribution in [0.1, 0.15) is 24.8 Å². The number of halogens is 1. The molecule has 1 aromatic rings. The molecule has 5 nitrogen and oxygen atoms in total. The van der Waals surface area contributed by atoms with Crippen LogP contribution in [0.2, 0.25) is 0 Å². The number of nitro groups is 1. The first-order valence-electron chi connectivity index (χ1n) is 6.45. The van der Waals surface area contributed by atoms with Crippen LogP contribution in [0.15, 0.2) is 23.2 Å². The van der Waals surface area contributed by atoms with Crippen molar-refractivity contribution in [2.24, 2.45) is 16.6 Å². The van der Waals surface area contributed by atoms with Gasteiger partial charge in [0.05, 0.1) is 10.5 Å². The number of hydrogen-bond donors (Lipinski definition) is 1. The van der Waals surface area contributed by atoms with Gasteiger partial charge >= 0.3 is 0 Å². The number of nitro benzene ring substituents is 1. The van der Waals surface area contributed by atoms with Gasteiger partial charge in [-0.1, -0.05) is 18.2 Å². The lowest BCUT2D eigenvalue weighted by Gasteiger charge is -2.35. The first-order chi connectivity index (χ1) is 9.53. The largest absolute Gasteiger partial charge is 0.379 e. The fraction of sp³-hybridized carbons (Fsp3) is 0.462. The second-order valence-corrected chi connectivity index (χ2v) is 6.24. The molecule has 0 bridgehead atoms. The Bertz CT molecular complexity index is 607. The summed E-state index contributed by atoms with van der Waals surface area (Å²) < 4.78 is 14.2. The number of nitrogens with two attached hydrogens (primary N) is 1. The summed E-state index contributed by atoms with van der Waals surface area (Å²) in [6.45, 7) is 0. The Labute approximate surface area is 119 Å². The Morgan fingerprint density at radius 3 is 3.10 bits per heavy atom. The van der Waals surface area contributed by atoms with Crippen LogP contribution in [0.4, 0.5) is 10.1 Å². The van der Waals surface area contributed by atoms with E-state index >= 15 is 0 Å². The van der Waals surface area contributed by atoms with Crippen LogP contribution >= 0.6 is 11.8 Å². The molecule has 3 rings (SSSR count). The topological polar surface area (TPSA) is 81.5 Å². The summed E-state index contributed by atoms with van der Waals surface area (Å²) in [7, 11) is 0. The molecule has 1 aliphatic carbocycles. The zero-order valence-corrected chi connectivity index (χ0v) is 11.5. The molecule has 0 radical (unpaired) electrons. The number of thioether (sulfide) groups is 1. The monoisotopic (exact) mass is 295 g/mol. The second kappa shape index (κ2) is 4.73. The Morgan fingerprint density at radius 2 is 2.35 bits per heavy atom. The van der Waals surface area contributed by atoms with Gasteiger partial charge in [-0.2, -0.15) is 0 Å². The number of hydrogen-bond acceptors (Lipinski definition) is 5. The second-order valence-electron chi connectivity index (χ2n) is 5.20. The van der Waals surface area contributed by atoms with E-state index in [-0.39, 0.29) is 11.6 Å². The van der Waals surface area contributed by atoms with E-state index in [0.717, 1.165) is 24.7 Å². The fourth-order valence-electron chi connectivity index (χ4n) is 3.22. The van der Waals surface area contributed by atoms with Crippen LogP contribution in [0.3, 0.4) is 0 Å². The smallest absolute Gasteiger partial charge is 0.270 e. The lowest BCUT2D eigenvalue weighted by molar-refractivity contribution is -0.385. The van der Waals surface area contributed by atoms with Crippen LogP contribution in [0, 0.1) is 21.8 Å². The van der Waals surface area contributed by atoms with Gasteiger partial charge in [0.2, 0.25) is 0 Å². The molecule has 0 amide bonds. The Morgan fingerprint density at radius 1 is 1.55 bits per heavy atom. The summed E-state index contributed by atoms with van der Waals surface area (Å²) in [4.78, 5) is 14.9. The Kier molecular flexibility index (Phi) is 3.16. The maximum Gasteiger partial charge on any atom is 0.270 e. The van der Waals surface area contributed by atoms with Gasteiger partial charge in [0, 0.05) is 23.4 Å². The summed E-state index contributed by atoms with van der Waals surface area (Å²) in [5.74, 6) is 0.541. The van der Waals surface area contributed by atoms with Gasteiger partial charge in [0.15, 0.2) is 5.17 Å². The Balaban J connectivity index is 2.17. The van der Waals surface area contributed by atoms with Crippen molar-refractivity contribution in [2.75, 3.05) is 5.75 Å². The predicted molar refractivity (Wildman–Crippen MR) is 76.2 cm³/mol. The molecule has 1 aliphatic heterocycles. The number of non-ortho nitro benzene ring substituents is 1. The van der Waals surface area contributed by atoms with E-state index in [0.29, 0.717) is 17.2 Å². The minimum atomic E-state index is -0.717. The molecule has 0 aromatic heterocycles. The number of fused-ring (bicyclic) bond motifs is 1. The quantitative estimate of drug-likeness (QED) is 0.672. The summed E-state index contributed by atoms with van der Waals surface area (Å²) in [6.07, 6.45) is 2.58. The van der Waals surface area contributed by atoms with Gasteiger partial charge < -0.3 is 5.73 Å². The fourth-order valence-corrected chi connectivity index (χ4v) is 4.26. The first kappa shape index (κ1) is 13.4. The standard InChI is InChI=1S/C13H14FN3O2S/c14-11-4-3-9(17(18)19)6-10(11)13-5-1-2-8(13)7-20-12(15)16-13/h3-4,6,8H,1-2,5,7H2,(H2,15,16)/t8?,13-/m0/s1. The van der Waals surface area contributed by atoms with Gasteiger partial charge in [-0.25, -0.2) is 4.39 Å². The number of benzene rings is 1. The molecule has 1 aromatic carbocycles. The predicted octanol–water partition coefficient (Wildman–Crippen LogP) is 2.79. The summed E-state index contributed by atoms with van der Waals surface area (Å²) in [5.41, 5.74) is 5.31. The van der Waals surface area contributed by atoms with Crippen LogP contribution in [0.5, 0.6) is 0 Å². The highest BCUT2D eigenvalue weighted by Crippen LogP contribution is 2.51. The molecule has 2 aliphatic rings. The van der Waals surface area contributed by atoms with Gasteiger partial charge in [0.1, 0.15) is 5.82 Å². The molecule has 1 saturated carbocycles. The molecule has 0 spiro atoms. The van der Waals surface area contributed by atoms with Crippen molar-refractivity contribution in [1.82, 2.24) is 0 Å². The van der Waals surface area contributed by atoms with Crippen LogP contribution in [-0.2, 0) is 5.54 Å². The number of aliphatic imine (C=N–C) groups is 1. The van der Waals surface area contributed by atoms with E-state index in [1.807, 2.05) is 0 Å². The van der Waals surface area contributed by atoms with Gasteiger partial charge in [-0.3, -0.25) is 15.1 Å². The highest BCUT2D eigenvalue weighted by Gasteiger charge is 2.48. The van der Waals surface area contributed by atoms with E-state index in [4.69, 9.17) is 5.73 Å². The maximum atomic E-state index is 14.2. The molecule has 1 heterocycles. The molecule has 2 atom stereocenters. The van der Waals surface area contributed by atoms with Crippen molar-refractivity contribution in [2.45, 2.75) is 24.8 Å². The average Bonchev–Trinajstić information content (AvgIpc) is 2.82. The van der Waals surface area contributed by atoms with E-state index < -0.39 is 16.3 Å². The van der Waals surface area contributed by atoms with Crippen molar-refractivity contribution in [3.8, 4) is 0 Å². The molecule has 2 N–H and O–H groups in total. The molecule has 1 fully saturated rings. The number of rotatable bonds is 2. The van der Waals surface area contributed by atoms with Gasteiger partial charge in [-0.15, -0.1) is 0 Å². The van der Waals surface area contributed by atoms with Crippen molar-refractivity contribution in [3.63, 3.8) is 0 Å². The Hall–Kier alpha value is -1.63. The van der Waals surface area contributed by atoms with Gasteiger partial charge in [-0.05, 0) is 24.8 Å². The van der Waals surface area contributed by atoms with Crippen molar-refractivity contribution < 1.29 is 9.31 Å². The molecule has 1 unspecified atom stereocenters. The molecule has 0 saturated heterocycles. The molecular formula is C13H14FN3O2S. The van der Waals surface area contributed by atoms with Crippen LogP contribution in [-0.4, -0.2) is 15.8 Å². The summed E-state index contributed by atoms with van der Waals surface area (Å²) in [6, 6.07) is 3.66. The van der Waals surface area contributed by atoms with E-state index in [1.165, 1.54) is 23.9 Å². The van der Waals surface area contributed by atoms with Crippen molar-refractivity contribution >= 4 is 22.6 Å². The lowest BCUT2D eigenvalue weighted by Crippen LogP contribution is -2.37. The van der Waals surface area contributed by atoms with E-state index in [9.17, 15) is 14.5 Å². The van der Waals surface area contributed by atoms with Crippen LogP contribution < -0.4 is 5.73 Å². The SMILES string of the molecule is NC1=N[C@@]2(c3cc([N+](=O)[O-])ccc3F)CCCC2CS1. The molecule has 7 heteroatoms. The summed E-state index contributed by atoms with van der Waals surface area (Å²) in [5, 5.41) is 11.4. The van der Waals surface area contributed by atoms with E-state index in [1.54, 1.807) is 0 Å². The lowest BCUT2D eigenvalue weighted by atomic mass is 9.81. The first-order valence-corrected chi connectivity index (χ1v) is 7.44. The van der Waals surface area contributed by atoms with Crippen LogP contribution in [0.25, 0.3) is 0 Å².